The molecule has 2 rings (SSSR count). The molecule has 0 amide bonds. The lowest BCUT2D eigenvalue weighted by Gasteiger charge is -2.32. The number of methoxy groups -OCH3 is 1. The average molecular weight is 259 g/mol. The van der Waals surface area contributed by atoms with E-state index < -0.39 is 0 Å². The van der Waals surface area contributed by atoms with E-state index in [4.69, 9.17) is 4.74 Å². The Balaban J connectivity index is 1.93. The molecule has 1 aromatic carbocycles. The van der Waals surface area contributed by atoms with Gasteiger partial charge in [-0.25, -0.2) is 4.79 Å². The van der Waals surface area contributed by atoms with Crippen molar-refractivity contribution in [3.8, 4) is 0 Å². The number of carbonyl (C=O) groups excluding carboxylic acids is 1. The van der Waals surface area contributed by atoms with Crippen molar-refractivity contribution in [1.82, 2.24) is 4.90 Å². The van der Waals surface area contributed by atoms with E-state index in [1.807, 2.05) is 6.07 Å². The minimum absolute atomic E-state index is 0.238. The molecule has 1 aliphatic rings. The molecule has 0 radical (unpaired) electrons. The van der Waals surface area contributed by atoms with Crippen LogP contribution in [-0.4, -0.2) is 31.1 Å². The number of benzene rings is 1. The lowest BCUT2D eigenvalue weighted by molar-refractivity contribution is -0.134. The number of rotatable bonds is 3. The maximum Gasteiger partial charge on any atom is 0.330 e. The molecule has 0 aromatic heterocycles. The standard InChI is InChI=1S/C16H21NO2/c1-13-11-17(12-14-6-4-3-5-7-14)9-8-15(13)10-16(18)19-2/h3-7,10,13H,8-9,11-12H2,1-2H3. The molecule has 1 aliphatic heterocycles. The quantitative estimate of drug-likeness (QED) is 0.617. The molecule has 3 heteroatoms. The van der Waals surface area contributed by atoms with Crippen molar-refractivity contribution in [2.24, 2.45) is 5.92 Å². The molecule has 1 saturated heterocycles. The highest BCUT2D eigenvalue weighted by molar-refractivity contribution is 5.82. The van der Waals surface area contributed by atoms with Gasteiger partial charge in [-0.1, -0.05) is 42.8 Å². The monoisotopic (exact) mass is 259 g/mol. The van der Waals surface area contributed by atoms with Gasteiger partial charge in [0.25, 0.3) is 0 Å². The summed E-state index contributed by atoms with van der Waals surface area (Å²) in [4.78, 5) is 13.7. The fourth-order valence-electron chi connectivity index (χ4n) is 2.54. The van der Waals surface area contributed by atoms with E-state index in [1.54, 1.807) is 6.08 Å². The molecule has 1 fully saturated rings. The van der Waals surface area contributed by atoms with Crippen LogP contribution in [0.1, 0.15) is 18.9 Å². The van der Waals surface area contributed by atoms with Gasteiger partial charge in [0.15, 0.2) is 0 Å². The summed E-state index contributed by atoms with van der Waals surface area (Å²) in [7, 11) is 1.43. The van der Waals surface area contributed by atoms with Crippen LogP contribution in [-0.2, 0) is 16.1 Å². The molecule has 1 heterocycles. The predicted octanol–water partition coefficient (Wildman–Crippen LogP) is 2.63. The highest BCUT2D eigenvalue weighted by Gasteiger charge is 2.21. The second-order valence-corrected chi connectivity index (χ2v) is 5.11. The lowest BCUT2D eigenvalue weighted by Crippen LogP contribution is -2.35. The van der Waals surface area contributed by atoms with Crippen molar-refractivity contribution in [2.75, 3.05) is 20.2 Å². The fourth-order valence-corrected chi connectivity index (χ4v) is 2.54. The molecule has 0 saturated carbocycles. The molecule has 0 aliphatic carbocycles. The predicted molar refractivity (Wildman–Crippen MR) is 75.6 cm³/mol. The average Bonchev–Trinajstić information content (AvgIpc) is 2.43. The van der Waals surface area contributed by atoms with E-state index in [0.29, 0.717) is 5.92 Å². The second-order valence-electron chi connectivity index (χ2n) is 5.11. The van der Waals surface area contributed by atoms with E-state index in [2.05, 4.69) is 36.1 Å². The molecule has 1 atom stereocenters. The summed E-state index contributed by atoms with van der Waals surface area (Å²) >= 11 is 0. The van der Waals surface area contributed by atoms with Gasteiger partial charge >= 0.3 is 5.97 Å². The van der Waals surface area contributed by atoms with Gasteiger partial charge in [-0.05, 0) is 17.9 Å². The number of likely N-dealkylation sites (tertiary alicyclic amines) is 1. The number of nitrogens with zero attached hydrogens (tertiary/aromatic N) is 1. The third-order valence-corrected chi connectivity index (χ3v) is 3.64. The van der Waals surface area contributed by atoms with Gasteiger partial charge in [-0.2, -0.15) is 0 Å². The Labute approximate surface area is 114 Å². The first-order chi connectivity index (χ1) is 9.19. The Morgan fingerprint density at radius 3 is 2.79 bits per heavy atom. The first-order valence-electron chi connectivity index (χ1n) is 6.73. The lowest BCUT2D eigenvalue weighted by atomic mass is 9.92. The van der Waals surface area contributed by atoms with Gasteiger partial charge < -0.3 is 4.74 Å². The Morgan fingerprint density at radius 1 is 1.42 bits per heavy atom. The first kappa shape index (κ1) is 13.8. The van der Waals surface area contributed by atoms with E-state index in [9.17, 15) is 4.79 Å². The zero-order valence-electron chi connectivity index (χ0n) is 11.6. The van der Waals surface area contributed by atoms with Crippen molar-refractivity contribution in [3.05, 3.63) is 47.5 Å². The maximum absolute atomic E-state index is 11.3. The SMILES string of the molecule is COC(=O)C=C1CCN(Cc2ccccc2)CC1C. The number of piperidine rings is 1. The molecule has 1 aromatic rings. The Hall–Kier alpha value is -1.61. The van der Waals surface area contributed by atoms with Crippen LogP contribution in [0.4, 0.5) is 0 Å². The van der Waals surface area contributed by atoms with Crippen molar-refractivity contribution in [1.29, 1.82) is 0 Å². The summed E-state index contributed by atoms with van der Waals surface area (Å²) in [6.07, 6.45) is 2.60. The summed E-state index contributed by atoms with van der Waals surface area (Å²) in [6, 6.07) is 10.5. The van der Waals surface area contributed by atoms with Gasteiger partial charge in [0.1, 0.15) is 0 Å². The summed E-state index contributed by atoms with van der Waals surface area (Å²) in [5.41, 5.74) is 2.55. The van der Waals surface area contributed by atoms with Crippen LogP contribution in [0.15, 0.2) is 42.0 Å². The van der Waals surface area contributed by atoms with Gasteiger partial charge in [0, 0.05) is 25.7 Å². The topological polar surface area (TPSA) is 29.5 Å². The van der Waals surface area contributed by atoms with Gasteiger partial charge in [-0.3, -0.25) is 4.90 Å². The minimum atomic E-state index is -0.238. The molecule has 0 N–H and O–H groups in total. The maximum atomic E-state index is 11.3. The van der Waals surface area contributed by atoms with Crippen molar-refractivity contribution >= 4 is 5.97 Å². The van der Waals surface area contributed by atoms with Gasteiger partial charge in [-0.15, -0.1) is 0 Å². The number of hydrogen-bond acceptors (Lipinski definition) is 3. The Bertz CT molecular complexity index is 453. The molecule has 19 heavy (non-hydrogen) atoms. The van der Waals surface area contributed by atoms with E-state index >= 15 is 0 Å². The highest BCUT2D eigenvalue weighted by atomic mass is 16.5. The summed E-state index contributed by atoms with van der Waals surface area (Å²) in [5, 5.41) is 0. The van der Waals surface area contributed by atoms with E-state index in [1.165, 1.54) is 18.2 Å². The van der Waals surface area contributed by atoms with Gasteiger partial charge in [0.05, 0.1) is 7.11 Å². The molecule has 0 bridgehead atoms. The molecule has 102 valence electrons. The third-order valence-electron chi connectivity index (χ3n) is 3.64. The minimum Gasteiger partial charge on any atom is -0.466 e. The largest absolute Gasteiger partial charge is 0.466 e. The van der Waals surface area contributed by atoms with Crippen LogP contribution in [0.25, 0.3) is 0 Å². The van der Waals surface area contributed by atoms with Gasteiger partial charge in [0.2, 0.25) is 0 Å². The van der Waals surface area contributed by atoms with Crippen molar-refractivity contribution < 1.29 is 9.53 Å². The van der Waals surface area contributed by atoms with E-state index in [0.717, 1.165) is 26.1 Å². The zero-order valence-corrected chi connectivity index (χ0v) is 11.6. The van der Waals surface area contributed by atoms with Crippen molar-refractivity contribution in [2.45, 2.75) is 19.9 Å². The zero-order chi connectivity index (χ0) is 13.7. The number of hydrogen-bond donors (Lipinski definition) is 0. The summed E-state index contributed by atoms with van der Waals surface area (Å²) < 4.78 is 4.69. The molecule has 3 nitrogen and oxygen atoms in total. The smallest absolute Gasteiger partial charge is 0.330 e. The Morgan fingerprint density at radius 2 is 2.16 bits per heavy atom. The number of ether oxygens (including phenoxy) is 1. The molecule has 1 unspecified atom stereocenters. The summed E-state index contributed by atoms with van der Waals surface area (Å²) in [6.45, 7) is 5.16. The van der Waals surface area contributed by atoms with Crippen LogP contribution in [0.3, 0.4) is 0 Å². The van der Waals surface area contributed by atoms with Crippen LogP contribution in [0.2, 0.25) is 0 Å². The van der Waals surface area contributed by atoms with Crippen molar-refractivity contribution in [3.63, 3.8) is 0 Å². The van der Waals surface area contributed by atoms with E-state index in [-0.39, 0.29) is 5.97 Å². The third kappa shape index (κ3) is 3.93. The summed E-state index contributed by atoms with van der Waals surface area (Å²) in [5.74, 6) is 0.176. The fraction of sp³-hybridized carbons (Fsp3) is 0.438. The number of esters is 1. The highest BCUT2D eigenvalue weighted by Crippen LogP contribution is 2.23. The molecule has 0 spiro atoms. The molecular weight excluding hydrogens is 238 g/mol. The van der Waals surface area contributed by atoms with Crippen LogP contribution in [0, 0.1) is 5.92 Å². The second kappa shape index (κ2) is 6.53. The Kier molecular flexibility index (Phi) is 4.74. The normalized spacial score (nSPS) is 22.4. The molecular formula is C16H21NO2. The first-order valence-corrected chi connectivity index (χ1v) is 6.73. The number of carbonyl (C=O) groups is 1. The van der Waals surface area contributed by atoms with Crippen LogP contribution < -0.4 is 0 Å². The van der Waals surface area contributed by atoms with Crippen LogP contribution in [0.5, 0.6) is 0 Å². The van der Waals surface area contributed by atoms with Crippen LogP contribution >= 0.6 is 0 Å².